The molecule has 0 heterocycles. The quantitative estimate of drug-likeness (QED) is 0.297. The summed E-state index contributed by atoms with van der Waals surface area (Å²) in [5, 5.41) is 0. The Morgan fingerprint density at radius 3 is 2.68 bits per heavy atom. The maximum Gasteiger partial charge on any atom is 0.306 e. The number of rotatable bonds is 7. The predicted octanol–water partition coefficient (Wildman–Crippen LogP) is 4.59. The third-order valence-corrected chi connectivity index (χ3v) is 7.10. The first-order valence-electron chi connectivity index (χ1n) is 9.62. The van der Waals surface area contributed by atoms with Gasteiger partial charge in [0, 0.05) is 6.42 Å². The van der Waals surface area contributed by atoms with Gasteiger partial charge in [-0.05, 0) is 67.1 Å². The van der Waals surface area contributed by atoms with Crippen molar-refractivity contribution in [2.24, 2.45) is 41.4 Å². The minimum atomic E-state index is 0.0734. The molecule has 0 aromatic heterocycles. The molecule has 0 N–H and O–H groups in total. The van der Waals surface area contributed by atoms with Crippen molar-refractivity contribution in [3.63, 3.8) is 0 Å². The van der Waals surface area contributed by atoms with Crippen molar-refractivity contribution in [2.75, 3.05) is 6.61 Å². The summed E-state index contributed by atoms with van der Waals surface area (Å²) in [6.07, 6.45) is 14.5. The molecule has 4 bridgehead atoms. The molecule has 0 spiro atoms. The van der Waals surface area contributed by atoms with Gasteiger partial charge in [0.1, 0.15) is 0 Å². The van der Waals surface area contributed by atoms with Gasteiger partial charge in [-0.25, -0.2) is 0 Å². The van der Waals surface area contributed by atoms with Gasteiger partial charge in [0.15, 0.2) is 0 Å². The molecule has 3 fully saturated rings. The number of unbranched alkanes of at least 4 members (excludes halogenated alkanes) is 3. The Bertz CT molecular complexity index is 455. The van der Waals surface area contributed by atoms with Crippen molar-refractivity contribution in [2.45, 2.75) is 58.3 Å². The fourth-order valence-corrected chi connectivity index (χ4v) is 6.38. The van der Waals surface area contributed by atoms with Gasteiger partial charge in [-0.2, -0.15) is 0 Å². The lowest BCUT2D eigenvalue weighted by molar-refractivity contribution is -0.145. The Kier molecular flexibility index (Phi) is 4.04. The Balaban J connectivity index is 1.25. The zero-order chi connectivity index (χ0) is 15.1. The molecular weight excluding hydrogens is 272 g/mol. The normalized spacial score (nSPS) is 43.8. The molecule has 2 nitrogen and oxygen atoms in total. The van der Waals surface area contributed by atoms with E-state index >= 15 is 0 Å². The van der Waals surface area contributed by atoms with Crippen molar-refractivity contribution < 1.29 is 9.53 Å². The molecule has 122 valence electrons. The molecule has 3 saturated carbocycles. The van der Waals surface area contributed by atoms with Crippen LogP contribution in [-0.2, 0) is 9.53 Å². The highest BCUT2D eigenvalue weighted by molar-refractivity contribution is 5.69. The van der Waals surface area contributed by atoms with Crippen LogP contribution in [0.1, 0.15) is 58.3 Å². The van der Waals surface area contributed by atoms with Crippen LogP contribution in [0.25, 0.3) is 0 Å². The van der Waals surface area contributed by atoms with E-state index in [0.717, 1.165) is 41.9 Å². The van der Waals surface area contributed by atoms with E-state index in [1.54, 1.807) is 0 Å². The molecule has 0 saturated heterocycles. The summed E-state index contributed by atoms with van der Waals surface area (Å²) in [5.74, 6) is 6.05. The second kappa shape index (κ2) is 6.02. The smallest absolute Gasteiger partial charge is 0.306 e. The summed E-state index contributed by atoms with van der Waals surface area (Å²) in [7, 11) is 0. The Labute approximate surface area is 134 Å². The number of hydrogen-bond acceptors (Lipinski definition) is 2. The van der Waals surface area contributed by atoms with Crippen LogP contribution in [0.5, 0.6) is 0 Å². The molecule has 7 unspecified atom stereocenters. The first kappa shape index (κ1) is 14.8. The molecule has 4 rings (SSSR count). The fourth-order valence-electron chi connectivity index (χ4n) is 6.38. The second-order valence-electron chi connectivity index (χ2n) is 8.24. The van der Waals surface area contributed by atoms with Gasteiger partial charge in [0.05, 0.1) is 6.61 Å². The maximum absolute atomic E-state index is 12.1. The highest BCUT2D eigenvalue weighted by atomic mass is 16.5. The lowest BCUT2D eigenvalue weighted by Gasteiger charge is -2.36. The first-order valence-corrected chi connectivity index (χ1v) is 9.62. The predicted molar refractivity (Wildman–Crippen MR) is 87.1 cm³/mol. The van der Waals surface area contributed by atoms with E-state index in [0.29, 0.717) is 18.9 Å². The van der Waals surface area contributed by atoms with Crippen molar-refractivity contribution in [1.29, 1.82) is 0 Å². The van der Waals surface area contributed by atoms with Crippen LogP contribution in [0, 0.1) is 41.4 Å². The van der Waals surface area contributed by atoms with E-state index in [1.165, 1.54) is 38.5 Å². The molecule has 2 heteroatoms. The van der Waals surface area contributed by atoms with Gasteiger partial charge in [0.25, 0.3) is 0 Å². The summed E-state index contributed by atoms with van der Waals surface area (Å²) >= 11 is 0. The van der Waals surface area contributed by atoms with Crippen molar-refractivity contribution >= 4 is 5.97 Å². The molecule has 0 aromatic rings. The summed E-state index contributed by atoms with van der Waals surface area (Å²) in [5.41, 5.74) is 0. The van der Waals surface area contributed by atoms with Crippen LogP contribution in [0.4, 0.5) is 0 Å². The monoisotopic (exact) mass is 302 g/mol. The van der Waals surface area contributed by atoms with Crippen LogP contribution in [-0.4, -0.2) is 12.6 Å². The van der Waals surface area contributed by atoms with Crippen LogP contribution in [0.2, 0.25) is 0 Å². The van der Waals surface area contributed by atoms with Gasteiger partial charge in [0.2, 0.25) is 0 Å². The Morgan fingerprint density at radius 2 is 1.86 bits per heavy atom. The van der Waals surface area contributed by atoms with Crippen LogP contribution >= 0.6 is 0 Å². The maximum atomic E-state index is 12.1. The van der Waals surface area contributed by atoms with Crippen LogP contribution in [0.15, 0.2) is 12.2 Å². The molecule has 0 aliphatic heterocycles. The second-order valence-corrected chi connectivity index (χ2v) is 8.24. The van der Waals surface area contributed by atoms with Crippen molar-refractivity contribution in [3.05, 3.63) is 12.2 Å². The number of carbonyl (C=O) groups excluding carboxylic acids is 1. The molecule has 0 aromatic carbocycles. The third kappa shape index (κ3) is 2.43. The molecule has 0 amide bonds. The van der Waals surface area contributed by atoms with Crippen molar-refractivity contribution in [3.8, 4) is 0 Å². The van der Waals surface area contributed by atoms with Crippen LogP contribution in [0.3, 0.4) is 0 Å². The average Bonchev–Trinajstić information content (AvgIpc) is 3.25. The van der Waals surface area contributed by atoms with Gasteiger partial charge >= 0.3 is 5.97 Å². The Hall–Kier alpha value is -0.790. The zero-order valence-corrected chi connectivity index (χ0v) is 13.9. The standard InChI is InChI=1S/C20H30O2/c1-2-3-4-5-8-22-18(21)12-15-10-16-11-17(15)20-14-7-6-13(9-14)19(16)20/h6-7,13-17,19-20H,2-5,8-12H2,1H3. The van der Waals surface area contributed by atoms with E-state index in [4.69, 9.17) is 4.74 Å². The number of esters is 1. The van der Waals surface area contributed by atoms with Gasteiger partial charge in [-0.1, -0.05) is 38.3 Å². The average molecular weight is 302 g/mol. The minimum absolute atomic E-state index is 0.0734. The summed E-state index contributed by atoms with van der Waals surface area (Å²) in [6, 6.07) is 0. The molecule has 0 radical (unpaired) electrons. The summed E-state index contributed by atoms with van der Waals surface area (Å²) in [4.78, 5) is 12.1. The molecule has 7 atom stereocenters. The largest absolute Gasteiger partial charge is 0.466 e. The summed E-state index contributed by atoms with van der Waals surface area (Å²) < 4.78 is 5.48. The number of ether oxygens (including phenoxy) is 1. The van der Waals surface area contributed by atoms with Gasteiger partial charge < -0.3 is 4.74 Å². The van der Waals surface area contributed by atoms with Gasteiger partial charge in [-0.3, -0.25) is 4.79 Å². The minimum Gasteiger partial charge on any atom is -0.466 e. The van der Waals surface area contributed by atoms with Crippen LogP contribution < -0.4 is 0 Å². The topological polar surface area (TPSA) is 26.3 Å². The molecular formula is C20H30O2. The summed E-state index contributed by atoms with van der Waals surface area (Å²) in [6.45, 7) is 2.85. The van der Waals surface area contributed by atoms with Crippen molar-refractivity contribution in [1.82, 2.24) is 0 Å². The zero-order valence-electron chi connectivity index (χ0n) is 13.9. The van der Waals surface area contributed by atoms with E-state index < -0.39 is 0 Å². The van der Waals surface area contributed by atoms with E-state index in [1.807, 2.05) is 0 Å². The molecule has 4 aliphatic rings. The van der Waals surface area contributed by atoms with E-state index in [9.17, 15) is 4.79 Å². The molecule has 22 heavy (non-hydrogen) atoms. The fraction of sp³-hybridized carbons (Fsp3) is 0.850. The number of hydrogen-bond donors (Lipinski definition) is 0. The van der Waals surface area contributed by atoms with E-state index in [-0.39, 0.29) is 5.97 Å². The lowest BCUT2D eigenvalue weighted by Crippen LogP contribution is -2.32. The number of carbonyl (C=O) groups is 1. The van der Waals surface area contributed by atoms with Gasteiger partial charge in [-0.15, -0.1) is 0 Å². The third-order valence-electron chi connectivity index (χ3n) is 7.10. The lowest BCUT2D eigenvalue weighted by atomic mass is 9.69. The SMILES string of the molecule is CCCCCCOC(=O)CC1CC2CC1C1C3C=CC(C3)C21. The number of allylic oxidation sites excluding steroid dienone is 2. The Morgan fingerprint density at radius 1 is 1.05 bits per heavy atom. The highest BCUT2D eigenvalue weighted by Crippen LogP contribution is 2.67. The van der Waals surface area contributed by atoms with E-state index in [2.05, 4.69) is 19.1 Å². The first-order chi connectivity index (χ1) is 10.8. The number of fused-ring (bicyclic) bond motifs is 9. The molecule has 4 aliphatic carbocycles. The highest BCUT2D eigenvalue weighted by Gasteiger charge is 2.60.